The lowest BCUT2D eigenvalue weighted by atomic mass is 9.93. The minimum Gasteiger partial charge on any atom is -0.493 e. The minimum atomic E-state index is 0.414. The lowest BCUT2D eigenvalue weighted by Gasteiger charge is -2.29. The third-order valence-electron chi connectivity index (χ3n) is 4.32. The SMILES string of the molecule is CCN1CCC(CNC)C1c1cc(OC)c(OC)cc1Br. The molecule has 0 aliphatic carbocycles. The molecule has 2 atom stereocenters. The van der Waals surface area contributed by atoms with Gasteiger partial charge < -0.3 is 14.8 Å². The first-order valence-electron chi connectivity index (χ1n) is 7.46. The van der Waals surface area contributed by atoms with Crippen LogP contribution in [0.15, 0.2) is 16.6 Å². The molecule has 0 spiro atoms. The van der Waals surface area contributed by atoms with Gasteiger partial charge in [0.25, 0.3) is 0 Å². The van der Waals surface area contributed by atoms with Crippen molar-refractivity contribution < 1.29 is 9.47 Å². The zero-order chi connectivity index (χ0) is 15.4. The molecular formula is C16H25BrN2O2. The molecule has 0 bridgehead atoms. The van der Waals surface area contributed by atoms with Crippen molar-refractivity contribution in [2.75, 3.05) is 40.9 Å². The van der Waals surface area contributed by atoms with E-state index >= 15 is 0 Å². The molecule has 5 heteroatoms. The second-order valence-corrected chi connectivity index (χ2v) is 6.26. The zero-order valence-corrected chi connectivity index (χ0v) is 14.9. The number of halogens is 1. The molecular weight excluding hydrogens is 332 g/mol. The van der Waals surface area contributed by atoms with Crippen LogP contribution in [0.5, 0.6) is 11.5 Å². The van der Waals surface area contributed by atoms with Gasteiger partial charge in [-0.3, -0.25) is 4.90 Å². The maximum absolute atomic E-state index is 5.48. The smallest absolute Gasteiger partial charge is 0.161 e. The number of nitrogens with one attached hydrogen (secondary N) is 1. The van der Waals surface area contributed by atoms with Gasteiger partial charge in [0.15, 0.2) is 11.5 Å². The second kappa shape index (κ2) is 7.47. The van der Waals surface area contributed by atoms with Crippen molar-refractivity contribution in [1.82, 2.24) is 10.2 Å². The van der Waals surface area contributed by atoms with Crippen molar-refractivity contribution in [3.8, 4) is 11.5 Å². The molecule has 1 aromatic carbocycles. The Morgan fingerprint density at radius 3 is 2.52 bits per heavy atom. The number of nitrogens with zero attached hydrogens (tertiary/aromatic N) is 1. The Hall–Kier alpha value is -0.780. The summed E-state index contributed by atoms with van der Waals surface area (Å²) < 4.78 is 11.9. The molecule has 21 heavy (non-hydrogen) atoms. The number of ether oxygens (including phenoxy) is 2. The van der Waals surface area contributed by atoms with Gasteiger partial charge in [-0.1, -0.05) is 22.9 Å². The maximum atomic E-state index is 5.48. The average molecular weight is 357 g/mol. The first-order valence-corrected chi connectivity index (χ1v) is 8.25. The van der Waals surface area contributed by atoms with E-state index in [1.165, 1.54) is 12.0 Å². The fourth-order valence-electron chi connectivity index (χ4n) is 3.30. The summed E-state index contributed by atoms with van der Waals surface area (Å²) in [7, 11) is 5.38. The van der Waals surface area contributed by atoms with Crippen LogP contribution >= 0.6 is 15.9 Å². The number of likely N-dealkylation sites (tertiary alicyclic amines) is 1. The summed E-state index contributed by atoms with van der Waals surface area (Å²) in [5.41, 5.74) is 1.28. The van der Waals surface area contributed by atoms with E-state index in [4.69, 9.17) is 9.47 Å². The largest absolute Gasteiger partial charge is 0.493 e. The zero-order valence-electron chi connectivity index (χ0n) is 13.3. The average Bonchev–Trinajstić information content (AvgIpc) is 2.90. The quantitative estimate of drug-likeness (QED) is 0.849. The van der Waals surface area contributed by atoms with Gasteiger partial charge in [0, 0.05) is 10.5 Å². The van der Waals surface area contributed by atoms with Crippen molar-refractivity contribution >= 4 is 15.9 Å². The fourth-order valence-corrected chi connectivity index (χ4v) is 3.86. The third-order valence-corrected chi connectivity index (χ3v) is 5.01. The lowest BCUT2D eigenvalue weighted by molar-refractivity contribution is 0.236. The van der Waals surface area contributed by atoms with Crippen LogP contribution in [0, 0.1) is 5.92 Å². The number of rotatable bonds is 6. The van der Waals surface area contributed by atoms with Gasteiger partial charge in [0.05, 0.1) is 14.2 Å². The van der Waals surface area contributed by atoms with E-state index in [9.17, 15) is 0 Å². The molecule has 1 aliphatic rings. The van der Waals surface area contributed by atoms with Crippen molar-refractivity contribution in [3.05, 3.63) is 22.2 Å². The summed E-state index contributed by atoms with van der Waals surface area (Å²) >= 11 is 3.71. The van der Waals surface area contributed by atoms with Crippen LogP contribution in [-0.2, 0) is 0 Å². The number of hydrogen-bond acceptors (Lipinski definition) is 4. The highest BCUT2D eigenvalue weighted by molar-refractivity contribution is 9.10. The highest BCUT2D eigenvalue weighted by Crippen LogP contribution is 2.43. The van der Waals surface area contributed by atoms with Crippen molar-refractivity contribution in [2.24, 2.45) is 5.92 Å². The van der Waals surface area contributed by atoms with E-state index in [0.29, 0.717) is 12.0 Å². The Bertz CT molecular complexity index is 482. The molecule has 2 unspecified atom stereocenters. The molecule has 1 saturated heterocycles. The molecule has 0 radical (unpaired) electrons. The molecule has 4 nitrogen and oxygen atoms in total. The molecule has 1 aliphatic heterocycles. The molecule has 1 aromatic rings. The van der Waals surface area contributed by atoms with E-state index in [-0.39, 0.29) is 0 Å². The van der Waals surface area contributed by atoms with E-state index < -0.39 is 0 Å². The minimum absolute atomic E-state index is 0.414. The monoisotopic (exact) mass is 356 g/mol. The van der Waals surface area contributed by atoms with E-state index in [1.54, 1.807) is 14.2 Å². The molecule has 1 N–H and O–H groups in total. The second-order valence-electron chi connectivity index (χ2n) is 5.41. The van der Waals surface area contributed by atoms with Crippen LogP contribution in [0.1, 0.15) is 24.9 Å². The van der Waals surface area contributed by atoms with E-state index in [2.05, 4.69) is 39.1 Å². The fraction of sp³-hybridized carbons (Fsp3) is 0.625. The topological polar surface area (TPSA) is 33.7 Å². The molecule has 0 amide bonds. The van der Waals surface area contributed by atoms with Crippen molar-refractivity contribution in [2.45, 2.75) is 19.4 Å². The van der Waals surface area contributed by atoms with Crippen LogP contribution in [0.3, 0.4) is 0 Å². The normalized spacial score (nSPS) is 22.5. The summed E-state index contributed by atoms with van der Waals surface area (Å²) in [6.07, 6.45) is 1.22. The first kappa shape index (κ1) is 16.6. The van der Waals surface area contributed by atoms with Crippen molar-refractivity contribution in [3.63, 3.8) is 0 Å². The van der Waals surface area contributed by atoms with Gasteiger partial charge in [-0.2, -0.15) is 0 Å². The van der Waals surface area contributed by atoms with Gasteiger partial charge >= 0.3 is 0 Å². The van der Waals surface area contributed by atoms with Crippen LogP contribution in [-0.4, -0.2) is 45.8 Å². The predicted molar refractivity (Wildman–Crippen MR) is 89.3 cm³/mol. The van der Waals surface area contributed by atoms with Gasteiger partial charge in [-0.15, -0.1) is 0 Å². The lowest BCUT2D eigenvalue weighted by Crippen LogP contribution is -2.29. The Morgan fingerprint density at radius 1 is 1.29 bits per heavy atom. The molecule has 1 fully saturated rings. The van der Waals surface area contributed by atoms with Gasteiger partial charge in [0.1, 0.15) is 0 Å². The molecule has 118 valence electrons. The molecule has 0 saturated carbocycles. The first-order chi connectivity index (χ1) is 10.2. The molecule has 1 heterocycles. The van der Waals surface area contributed by atoms with Gasteiger partial charge in [-0.25, -0.2) is 0 Å². The third kappa shape index (κ3) is 3.35. The number of hydrogen-bond donors (Lipinski definition) is 1. The van der Waals surface area contributed by atoms with Crippen LogP contribution in [0.2, 0.25) is 0 Å². The summed E-state index contributed by atoms with van der Waals surface area (Å²) in [6.45, 7) is 5.46. The Balaban J connectivity index is 2.41. The van der Waals surface area contributed by atoms with E-state index in [0.717, 1.165) is 35.6 Å². The van der Waals surface area contributed by atoms with Crippen molar-refractivity contribution in [1.29, 1.82) is 0 Å². The Morgan fingerprint density at radius 2 is 1.95 bits per heavy atom. The van der Waals surface area contributed by atoms with E-state index in [1.807, 2.05) is 13.1 Å². The predicted octanol–water partition coefficient (Wildman–Crippen LogP) is 3.07. The van der Waals surface area contributed by atoms with Gasteiger partial charge in [0.2, 0.25) is 0 Å². The van der Waals surface area contributed by atoms with Crippen LogP contribution in [0.25, 0.3) is 0 Å². The maximum Gasteiger partial charge on any atom is 0.161 e. The van der Waals surface area contributed by atoms with Crippen LogP contribution in [0.4, 0.5) is 0 Å². The summed E-state index contributed by atoms with van der Waals surface area (Å²) in [6, 6.07) is 4.54. The number of methoxy groups -OCH3 is 2. The summed E-state index contributed by atoms with van der Waals surface area (Å²) in [5, 5.41) is 3.33. The highest BCUT2D eigenvalue weighted by Gasteiger charge is 2.35. The molecule has 2 rings (SSSR count). The Labute approximate surface area is 135 Å². The van der Waals surface area contributed by atoms with Crippen LogP contribution < -0.4 is 14.8 Å². The standard InChI is InChI=1S/C16H25BrN2O2/c1-5-19-7-6-11(10-18-2)16(19)12-8-14(20-3)15(21-4)9-13(12)17/h8-9,11,16,18H,5-7,10H2,1-4H3. The Kier molecular flexibility index (Phi) is 5.90. The summed E-state index contributed by atoms with van der Waals surface area (Å²) in [4.78, 5) is 2.54. The highest BCUT2D eigenvalue weighted by atomic mass is 79.9. The van der Waals surface area contributed by atoms with Gasteiger partial charge in [-0.05, 0) is 56.7 Å². The summed E-state index contributed by atoms with van der Waals surface area (Å²) in [5.74, 6) is 2.17. The molecule has 0 aromatic heterocycles. The number of benzene rings is 1.